The van der Waals surface area contributed by atoms with E-state index in [1.165, 1.54) is 56.3 Å². The van der Waals surface area contributed by atoms with Gasteiger partial charge in [0, 0.05) is 24.2 Å². The largest absolute Gasteiger partial charge is 0.496 e. The van der Waals surface area contributed by atoms with Gasteiger partial charge in [0.25, 0.3) is 0 Å². The molecule has 0 radical (unpaired) electrons. The van der Waals surface area contributed by atoms with Crippen molar-refractivity contribution in [3.63, 3.8) is 0 Å². The first-order chi connectivity index (χ1) is 19.3. The highest BCUT2D eigenvalue weighted by Crippen LogP contribution is 2.44. The van der Waals surface area contributed by atoms with Gasteiger partial charge >= 0.3 is 11.9 Å². The second kappa shape index (κ2) is 10.7. The number of nitrogens with zero attached hydrogens (tertiary/aromatic N) is 2. The van der Waals surface area contributed by atoms with Crippen LogP contribution in [-0.2, 0) is 19.3 Å². The van der Waals surface area contributed by atoms with Gasteiger partial charge in [-0.3, -0.25) is 9.51 Å². The number of thiazole rings is 1. The van der Waals surface area contributed by atoms with Crippen molar-refractivity contribution in [2.75, 3.05) is 7.11 Å². The van der Waals surface area contributed by atoms with E-state index in [2.05, 4.69) is 20.0 Å². The molecule has 2 heterocycles. The van der Waals surface area contributed by atoms with E-state index in [9.17, 15) is 18.0 Å². The third kappa shape index (κ3) is 5.50. The van der Waals surface area contributed by atoms with E-state index in [1.807, 2.05) is 0 Å². The standard InChI is InChI=1S/C28H27F3N4O4S/c1-37-23-12-19(8-9-20(23)25-34-27(36)39-35-25)38-14-24-22(13-32-21-11-15-2-3-17(21)10-15)33-26(40-24)16-4-6-18(7-5-16)28(29,30)31/h4-9,12,15,17,21,32H,2-3,10-11,13-14H2,1H3,(H,34,35,36)/t15-,17-,21-/m1/s1. The third-order valence-electron chi connectivity index (χ3n) is 7.75. The number of aromatic nitrogens is 3. The third-order valence-corrected chi connectivity index (χ3v) is 8.87. The molecule has 2 bridgehead atoms. The maximum Gasteiger partial charge on any atom is 0.439 e. The summed E-state index contributed by atoms with van der Waals surface area (Å²) >= 11 is 1.41. The molecule has 2 saturated carbocycles. The van der Waals surface area contributed by atoms with Crippen LogP contribution < -0.4 is 20.5 Å². The zero-order valence-corrected chi connectivity index (χ0v) is 22.4. The quantitative estimate of drug-likeness (QED) is 0.252. The Morgan fingerprint density at radius 2 is 1.98 bits per heavy atom. The zero-order valence-electron chi connectivity index (χ0n) is 21.6. The van der Waals surface area contributed by atoms with Crippen LogP contribution in [0.15, 0.2) is 51.8 Å². The van der Waals surface area contributed by atoms with E-state index < -0.39 is 17.5 Å². The number of fused-ring (bicyclic) bond motifs is 2. The van der Waals surface area contributed by atoms with Crippen LogP contribution in [0.3, 0.4) is 0 Å². The van der Waals surface area contributed by atoms with Gasteiger partial charge in [-0.2, -0.15) is 13.2 Å². The van der Waals surface area contributed by atoms with Gasteiger partial charge < -0.3 is 14.8 Å². The molecule has 0 unspecified atom stereocenters. The van der Waals surface area contributed by atoms with Gasteiger partial charge in [-0.1, -0.05) is 23.7 Å². The maximum absolute atomic E-state index is 13.1. The van der Waals surface area contributed by atoms with Crippen LogP contribution in [0.2, 0.25) is 0 Å². The fourth-order valence-corrected chi connectivity index (χ4v) is 6.73. The molecule has 2 aliphatic carbocycles. The highest BCUT2D eigenvalue weighted by molar-refractivity contribution is 7.15. The molecule has 3 atom stereocenters. The summed E-state index contributed by atoms with van der Waals surface area (Å²) in [5.41, 5.74) is 1.30. The second-order valence-electron chi connectivity index (χ2n) is 10.2. The zero-order chi connectivity index (χ0) is 27.9. The van der Waals surface area contributed by atoms with Crippen molar-refractivity contribution in [2.45, 2.75) is 51.1 Å². The van der Waals surface area contributed by atoms with Crippen LogP contribution in [-0.4, -0.2) is 28.3 Å². The Labute approximate surface area is 231 Å². The van der Waals surface area contributed by atoms with Crippen LogP contribution in [0.4, 0.5) is 13.2 Å². The molecule has 0 saturated heterocycles. The molecule has 4 aromatic rings. The Balaban J connectivity index is 1.22. The number of aromatic amines is 1. The van der Waals surface area contributed by atoms with Crippen molar-refractivity contribution in [1.82, 2.24) is 20.4 Å². The van der Waals surface area contributed by atoms with E-state index in [1.54, 1.807) is 18.2 Å². The van der Waals surface area contributed by atoms with Crippen LogP contribution in [0.5, 0.6) is 11.5 Å². The van der Waals surface area contributed by atoms with E-state index in [0.29, 0.717) is 46.1 Å². The van der Waals surface area contributed by atoms with Gasteiger partial charge in [0.15, 0.2) is 5.82 Å². The lowest BCUT2D eigenvalue weighted by Crippen LogP contribution is -2.33. The second-order valence-corrected chi connectivity index (χ2v) is 11.3. The number of nitrogens with one attached hydrogen (secondary N) is 2. The normalized spacial score (nSPS) is 20.2. The first-order valence-corrected chi connectivity index (χ1v) is 13.9. The molecule has 8 nitrogen and oxygen atoms in total. The topological polar surface area (TPSA) is 102 Å². The lowest BCUT2D eigenvalue weighted by Gasteiger charge is -2.22. The molecule has 0 amide bonds. The monoisotopic (exact) mass is 572 g/mol. The maximum atomic E-state index is 13.1. The summed E-state index contributed by atoms with van der Waals surface area (Å²) in [6, 6.07) is 10.7. The highest BCUT2D eigenvalue weighted by atomic mass is 32.1. The molecule has 6 rings (SSSR count). The van der Waals surface area contributed by atoms with Gasteiger partial charge in [0.1, 0.15) is 23.1 Å². The molecule has 12 heteroatoms. The number of benzene rings is 2. The molecule has 0 spiro atoms. The molecule has 2 N–H and O–H groups in total. The number of hydrogen-bond acceptors (Lipinski definition) is 8. The van der Waals surface area contributed by atoms with E-state index in [4.69, 9.17) is 14.5 Å². The van der Waals surface area contributed by atoms with E-state index >= 15 is 0 Å². The average Bonchev–Trinajstić information content (AvgIpc) is 3.75. The Hall–Kier alpha value is -3.64. The van der Waals surface area contributed by atoms with Gasteiger partial charge in [-0.05, 0) is 55.4 Å². The number of hydrogen-bond donors (Lipinski definition) is 2. The average molecular weight is 573 g/mol. The van der Waals surface area contributed by atoms with E-state index in [-0.39, 0.29) is 12.4 Å². The minimum absolute atomic E-state index is 0.218. The van der Waals surface area contributed by atoms with Crippen LogP contribution in [0, 0.1) is 11.8 Å². The van der Waals surface area contributed by atoms with Gasteiger partial charge in [-0.15, -0.1) is 11.3 Å². The van der Waals surface area contributed by atoms with Gasteiger partial charge in [0.2, 0.25) is 0 Å². The predicted octanol–water partition coefficient (Wildman–Crippen LogP) is 6.04. The molecular formula is C28H27F3N4O4S. The van der Waals surface area contributed by atoms with Crippen LogP contribution in [0.1, 0.15) is 41.8 Å². The summed E-state index contributed by atoms with van der Waals surface area (Å²) in [6.45, 7) is 0.779. The minimum Gasteiger partial charge on any atom is -0.496 e. The minimum atomic E-state index is -4.39. The summed E-state index contributed by atoms with van der Waals surface area (Å²) in [4.78, 5) is 19.5. The molecule has 2 fully saturated rings. The SMILES string of the molecule is COc1cc(OCc2sc(-c3ccc(C(F)(F)F)cc3)nc2CN[C@@H]2C[C@@H]3CC[C@@H]2C3)ccc1-c1noc(=O)[nH]1. The summed E-state index contributed by atoms with van der Waals surface area (Å²) in [5, 5.41) is 8.03. The lowest BCUT2D eigenvalue weighted by atomic mass is 9.95. The predicted molar refractivity (Wildman–Crippen MR) is 142 cm³/mol. The molecule has 40 heavy (non-hydrogen) atoms. The Morgan fingerprint density at radius 3 is 2.62 bits per heavy atom. The number of methoxy groups -OCH3 is 1. The lowest BCUT2D eigenvalue weighted by molar-refractivity contribution is -0.137. The fourth-order valence-electron chi connectivity index (χ4n) is 5.73. The molecular weight excluding hydrogens is 545 g/mol. The van der Waals surface area contributed by atoms with Crippen molar-refractivity contribution in [2.24, 2.45) is 11.8 Å². The van der Waals surface area contributed by atoms with Gasteiger partial charge in [-0.25, -0.2) is 9.78 Å². The summed E-state index contributed by atoms with van der Waals surface area (Å²) in [5.74, 6) is 2.04. The molecule has 2 aliphatic rings. The smallest absolute Gasteiger partial charge is 0.439 e. The number of H-pyrrole nitrogens is 1. The van der Waals surface area contributed by atoms with Crippen molar-refractivity contribution < 1.29 is 27.2 Å². The Kier molecular flexibility index (Phi) is 7.13. The summed E-state index contributed by atoms with van der Waals surface area (Å²) in [6.07, 6.45) is 0.630. The number of rotatable bonds is 9. The number of ether oxygens (including phenoxy) is 2. The first kappa shape index (κ1) is 26.6. The molecule has 210 valence electrons. The highest BCUT2D eigenvalue weighted by Gasteiger charge is 2.39. The summed E-state index contributed by atoms with van der Waals surface area (Å²) in [7, 11) is 1.50. The molecule has 2 aromatic heterocycles. The van der Waals surface area contributed by atoms with Crippen molar-refractivity contribution in [3.8, 4) is 33.5 Å². The number of halogens is 3. The number of alkyl halides is 3. The van der Waals surface area contributed by atoms with Gasteiger partial charge in [0.05, 0.1) is 28.8 Å². The first-order valence-electron chi connectivity index (χ1n) is 13.0. The molecule has 2 aromatic carbocycles. The van der Waals surface area contributed by atoms with Crippen LogP contribution in [0.25, 0.3) is 22.0 Å². The molecule has 0 aliphatic heterocycles. The fraction of sp³-hybridized carbons (Fsp3) is 0.393. The van der Waals surface area contributed by atoms with Crippen LogP contribution >= 0.6 is 11.3 Å². The Morgan fingerprint density at radius 1 is 1.15 bits per heavy atom. The Bertz CT molecular complexity index is 1550. The summed E-state index contributed by atoms with van der Waals surface area (Å²) < 4.78 is 55.4. The van der Waals surface area contributed by atoms with Crippen molar-refractivity contribution in [1.29, 1.82) is 0 Å². The van der Waals surface area contributed by atoms with Crippen molar-refractivity contribution >= 4 is 11.3 Å². The van der Waals surface area contributed by atoms with Crippen molar-refractivity contribution in [3.05, 3.63) is 69.1 Å². The van der Waals surface area contributed by atoms with E-state index in [0.717, 1.165) is 28.6 Å².